The molecule has 8 nitrogen and oxygen atoms in total. The first kappa shape index (κ1) is 27.1. The van der Waals surface area contributed by atoms with Crippen LogP contribution in [0.4, 0.5) is 11.4 Å². The number of likely N-dealkylation sites (N-methyl/N-ethyl adjacent to an activating group) is 1. The predicted molar refractivity (Wildman–Crippen MR) is 154 cm³/mol. The van der Waals surface area contributed by atoms with Gasteiger partial charge in [-0.05, 0) is 56.3 Å². The second-order valence-electron chi connectivity index (χ2n) is 9.07. The predicted octanol–water partition coefficient (Wildman–Crippen LogP) is 5.31. The average molecular weight is 522 g/mol. The van der Waals surface area contributed by atoms with E-state index in [1.165, 1.54) is 17.9 Å². The Hall–Kier alpha value is -4.98. The molecular weight excluding hydrogens is 490 g/mol. The van der Waals surface area contributed by atoms with Gasteiger partial charge in [-0.1, -0.05) is 48.0 Å². The Kier molecular flexibility index (Phi) is 8.68. The number of aryl methyl sites for hydroxylation is 1. The quantitative estimate of drug-likeness (QED) is 0.292. The summed E-state index contributed by atoms with van der Waals surface area (Å²) in [6, 6.07) is 24.6. The smallest absolute Gasteiger partial charge is 0.247 e. The van der Waals surface area contributed by atoms with Crippen molar-refractivity contribution in [2.45, 2.75) is 20.8 Å². The summed E-state index contributed by atoms with van der Waals surface area (Å²) in [5, 5.41) is 10.3. The van der Waals surface area contributed by atoms with E-state index in [9.17, 15) is 14.4 Å². The molecule has 4 aromatic rings. The molecule has 0 unspecified atom stereocenters. The molecule has 0 radical (unpaired) electrons. The largest absolute Gasteiger partial charge is 0.330 e. The first-order valence-corrected chi connectivity index (χ1v) is 12.7. The highest BCUT2D eigenvalue weighted by molar-refractivity contribution is 5.98. The highest BCUT2D eigenvalue weighted by atomic mass is 16.2. The molecule has 0 fully saturated rings. The molecule has 4 rings (SSSR count). The van der Waals surface area contributed by atoms with Gasteiger partial charge in [0.2, 0.25) is 17.7 Å². The maximum absolute atomic E-state index is 13.0. The van der Waals surface area contributed by atoms with E-state index in [1.54, 1.807) is 35.0 Å². The molecule has 198 valence electrons. The summed E-state index contributed by atoms with van der Waals surface area (Å²) in [5.74, 6) is -0.769. The van der Waals surface area contributed by atoms with Gasteiger partial charge in [-0.2, -0.15) is 5.10 Å². The number of rotatable bonds is 9. The number of hydrogen-bond acceptors (Lipinski definition) is 4. The molecule has 1 aromatic heterocycles. The van der Waals surface area contributed by atoms with Crippen molar-refractivity contribution in [3.8, 4) is 16.9 Å². The van der Waals surface area contributed by atoms with Crippen molar-refractivity contribution in [1.82, 2.24) is 14.7 Å². The first-order valence-electron chi connectivity index (χ1n) is 12.7. The fourth-order valence-corrected chi connectivity index (χ4v) is 3.98. The zero-order valence-electron chi connectivity index (χ0n) is 22.2. The topological polar surface area (TPSA) is 96.3 Å². The van der Waals surface area contributed by atoms with Crippen molar-refractivity contribution in [2.75, 3.05) is 23.7 Å². The monoisotopic (exact) mass is 521 g/mol. The number of nitrogens with one attached hydrogen (secondary N) is 2. The molecule has 39 heavy (non-hydrogen) atoms. The summed E-state index contributed by atoms with van der Waals surface area (Å²) < 4.78 is 1.79. The van der Waals surface area contributed by atoms with E-state index in [-0.39, 0.29) is 24.3 Å². The number of hydrogen-bond donors (Lipinski definition) is 2. The van der Waals surface area contributed by atoms with Gasteiger partial charge in [-0.3, -0.25) is 14.4 Å². The third-order valence-corrected chi connectivity index (χ3v) is 6.01. The number of aromatic nitrogens is 2. The van der Waals surface area contributed by atoms with Crippen LogP contribution in [-0.2, 0) is 14.4 Å². The zero-order chi connectivity index (χ0) is 27.8. The number of benzene rings is 3. The van der Waals surface area contributed by atoms with Crippen molar-refractivity contribution in [3.63, 3.8) is 0 Å². The maximum atomic E-state index is 13.0. The zero-order valence-corrected chi connectivity index (χ0v) is 22.2. The van der Waals surface area contributed by atoms with Gasteiger partial charge in [0.25, 0.3) is 0 Å². The van der Waals surface area contributed by atoms with Gasteiger partial charge in [-0.25, -0.2) is 4.68 Å². The van der Waals surface area contributed by atoms with Gasteiger partial charge in [0.15, 0.2) is 0 Å². The second kappa shape index (κ2) is 12.5. The summed E-state index contributed by atoms with van der Waals surface area (Å²) in [5.41, 5.74) is 5.75. The van der Waals surface area contributed by atoms with Crippen LogP contribution in [0.2, 0.25) is 0 Å². The highest BCUT2D eigenvalue weighted by Gasteiger charge is 2.15. The molecule has 1 heterocycles. The van der Waals surface area contributed by atoms with E-state index in [1.807, 2.05) is 74.6 Å². The van der Waals surface area contributed by atoms with E-state index >= 15 is 0 Å². The molecule has 0 atom stereocenters. The van der Waals surface area contributed by atoms with Gasteiger partial charge >= 0.3 is 0 Å². The minimum atomic E-state index is -0.317. The summed E-state index contributed by atoms with van der Waals surface area (Å²) in [6.07, 6.45) is 5.11. The molecule has 3 aromatic carbocycles. The Labute approximate surface area is 228 Å². The molecule has 3 amide bonds. The molecule has 8 heteroatoms. The molecule has 0 aliphatic rings. The highest BCUT2D eigenvalue weighted by Crippen LogP contribution is 2.25. The normalized spacial score (nSPS) is 10.8. The SMILES string of the molecule is CCN(CC(=O)Nc1ccc(NC(C)=O)cc1)C(=O)/C=C/c1cn(-c2ccccc2)nc1-c1ccc(C)cc1. The molecule has 0 saturated carbocycles. The van der Waals surface area contributed by atoms with E-state index in [0.717, 1.165) is 28.1 Å². The van der Waals surface area contributed by atoms with Crippen molar-refractivity contribution in [1.29, 1.82) is 0 Å². The third-order valence-electron chi connectivity index (χ3n) is 6.01. The lowest BCUT2D eigenvalue weighted by molar-refractivity contribution is -0.130. The van der Waals surface area contributed by atoms with Crippen molar-refractivity contribution in [2.24, 2.45) is 0 Å². The van der Waals surface area contributed by atoms with Crippen molar-refractivity contribution in [3.05, 3.63) is 102 Å². The van der Waals surface area contributed by atoms with Crippen LogP contribution in [0.1, 0.15) is 25.0 Å². The van der Waals surface area contributed by atoms with Gasteiger partial charge in [0.05, 0.1) is 11.4 Å². The lowest BCUT2D eigenvalue weighted by Gasteiger charge is -2.18. The fraction of sp³-hybridized carbons (Fsp3) is 0.161. The van der Waals surface area contributed by atoms with E-state index < -0.39 is 0 Å². The Balaban J connectivity index is 1.48. The molecule has 0 saturated heterocycles. The van der Waals surface area contributed by atoms with E-state index in [2.05, 4.69) is 10.6 Å². The van der Waals surface area contributed by atoms with Gasteiger partial charge < -0.3 is 15.5 Å². The van der Waals surface area contributed by atoms with Gasteiger partial charge in [0, 0.05) is 48.2 Å². The van der Waals surface area contributed by atoms with Crippen LogP contribution >= 0.6 is 0 Å². The number of para-hydroxylation sites is 1. The summed E-state index contributed by atoms with van der Waals surface area (Å²) in [7, 11) is 0. The second-order valence-corrected chi connectivity index (χ2v) is 9.07. The average Bonchev–Trinajstić information content (AvgIpc) is 3.36. The van der Waals surface area contributed by atoms with Crippen LogP contribution in [0.25, 0.3) is 23.0 Å². The summed E-state index contributed by atoms with van der Waals surface area (Å²) >= 11 is 0. The molecule has 2 N–H and O–H groups in total. The molecule has 0 aliphatic heterocycles. The Morgan fingerprint density at radius 3 is 2.15 bits per heavy atom. The first-order chi connectivity index (χ1) is 18.8. The van der Waals surface area contributed by atoms with Crippen LogP contribution in [0.3, 0.4) is 0 Å². The number of carbonyl (C=O) groups excluding carboxylic acids is 3. The molecule has 0 spiro atoms. The molecular formula is C31H31N5O3. The van der Waals surface area contributed by atoms with Gasteiger partial charge in [-0.15, -0.1) is 0 Å². The Morgan fingerprint density at radius 2 is 1.54 bits per heavy atom. The number of anilines is 2. The van der Waals surface area contributed by atoms with Crippen LogP contribution < -0.4 is 10.6 Å². The number of carbonyl (C=O) groups is 3. The van der Waals surface area contributed by atoms with Crippen LogP contribution in [-0.4, -0.2) is 45.5 Å². The lowest BCUT2D eigenvalue weighted by atomic mass is 10.1. The standard InChI is InChI=1S/C31H31N5O3/c1-4-35(21-29(38)33-27-17-15-26(16-18-27)32-23(3)37)30(39)19-14-25-20-36(28-8-6-5-7-9-28)34-31(25)24-12-10-22(2)11-13-24/h5-20H,4,21H2,1-3H3,(H,32,37)(H,33,38)/b19-14+. The number of amides is 3. The maximum Gasteiger partial charge on any atom is 0.247 e. The van der Waals surface area contributed by atoms with Crippen molar-refractivity contribution < 1.29 is 14.4 Å². The summed E-state index contributed by atoms with van der Waals surface area (Å²) in [4.78, 5) is 38.3. The Bertz CT molecular complexity index is 1470. The Morgan fingerprint density at radius 1 is 0.897 bits per heavy atom. The van der Waals surface area contributed by atoms with Gasteiger partial charge in [0.1, 0.15) is 6.54 Å². The van der Waals surface area contributed by atoms with Crippen LogP contribution in [0.15, 0.2) is 91.1 Å². The summed E-state index contributed by atoms with van der Waals surface area (Å²) in [6.45, 7) is 5.56. The van der Waals surface area contributed by atoms with E-state index in [0.29, 0.717) is 17.9 Å². The third kappa shape index (κ3) is 7.29. The number of nitrogens with zero attached hydrogens (tertiary/aromatic N) is 3. The van der Waals surface area contributed by atoms with E-state index in [4.69, 9.17) is 5.10 Å². The minimum absolute atomic E-state index is 0.0960. The fourth-order valence-electron chi connectivity index (χ4n) is 3.98. The lowest BCUT2D eigenvalue weighted by Crippen LogP contribution is -2.36. The van der Waals surface area contributed by atoms with Crippen LogP contribution in [0.5, 0.6) is 0 Å². The molecule has 0 bridgehead atoms. The molecule has 0 aliphatic carbocycles. The van der Waals surface area contributed by atoms with Crippen molar-refractivity contribution >= 4 is 35.2 Å². The van der Waals surface area contributed by atoms with Crippen LogP contribution in [0, 0.1) is 6.92 Å². The minimum Gasteiger partial charge on any atom is -0.330 e.